The van der Waals surface area contributed by atoms with E-state index in [1.165, 1.54) is 4.88 Å². The van der Waals surface area contributed by atoms with E-state index >= 15 is 0 Å². The zero-order chi connectivity index (χ0) is 12.7. The first kappa shape index (κ1) is 14.3. The number of benzene rings is 1. The Morgan fingerprint density at radius 1 is 0.900 bits per heavy atom. The molecule has 1 radical (unpaired) electrons. The average Bonchev–Trinajstić information content (AvgIpc) is 3.01. The van der Waals surface area contributed by atoms with E-state index in [0.29, 0.717) is 0 Å². The van der Waals surface area contributed by atoms with Crippen LogP contribution in [0.4, 0.5) is 0 Å². The van der Waals surface area contributed by atoms with Crippen LogP contribution in [0, 0.1) is 49.4 Å². The third kappa shape index (κ3) is 2.46. The van der Waals surface area contributed by atoms with Crippen LogP contribution in [0.1, 0.15) is 0 Å². The molecule has 0 aliphatic heterocycles. The van der Waals surface area contributed by atoms with Gasteiger partial charge in [0.1, 0.15) is 0 Å². The normalized spacial score (nSPS) is 10.6. The van der Waals surface area contributed by atoms with Crippen LogP contribution in [0.2, 0.25) is 0 Å². The van der Waals surface area contributed by atoms with E-state index in [1.807, 2.05) is 18.3 Å². The Kier molecular flexibility index (Phi) is 4.27. The number of rotatable bonds is 1. The largest absolute Gasteiger partial charge is 0.256 e. The fraction of sp³-hybridized carbons (Fsp3) is 0. The number of fused-ring (bicyclic) bond motifs is 3. The van der Waals surface area contributed by atoms with Gasteiger partial charge < -0.3 is 0 Å². The molecule has 0 saturated heterocycles. The van der Waals surface area contributed by atoms with E-state index in [2.05, 4.69) is 46.8 Å². The van der Waals surface area contributed by atoms with Gasteiger partial charge in [0.2, 0.25) is 0 Å². The first-order valence-electron chi connectivity index (χ1n) is 6.10. The van der Waals surface area contributed by atoms with Gasteiger partial charge in [-0.25, -0.2) is 4.98 Å². The second kappa shape index (κ2) is 5.98. The molecule has 0 unspecified atom stereocenters. The van der Waals surface area contributed by atoms with Crippen molar-refractivity contribution in [1.82, 2.24) is 9.97 Å². The molecule has 4 heteroatoms. The summed E-state index contributed by atoms with van der Waals surface area (Å²) in [4.78, 5) is 10.4. The molecule has 97 valence electrons. The predicted octanol–water partition coefficient (Wildman–Crippen LogP) is 4.51. The maximum absolute atomic E-state index is 4.82. The molecule has 4 rings (SSSR count). The van der Waals surface area contributed by atoms with E-state index in [0.717, 1.165) is 27.5 Å². The molecule has 1 aromatic carbocycles. The summed E-state index contributed by atoms with van der Waals surface area (Å²) in [6.07, 6.45) is 1.82. The van der Waals surface area contributed by atoms with Crippen LogP contribution in [0.15, 0.2) is 60.1 Å². The maximum Gasteiger partial charge on any atom is 0.0809 e. The van der Waals surface area contributed by atoms with Crippen LogP contribution < -0.4 is 0 Å². The second-order valence-electron chi connectivity index (χ2n) is 4.38. The zero-order valence-corrected chi connectivity index (χ0v) is 13.7. The summed E-state index contributed by atoms with van der Waals surface area (Å²) in [5, 5.41) is 4.34. The Morgan fingerprint density at radius 3 is 2.65 bits per heavy atom. The molecule has 4 aromatic rings. The second-order valence-corrected chi connectivity index (χ2v) is 5.33. The van der Waals surface area contributed by atoms with E-state index in [9.17, 15) is 0 Å². The van der Waals surface area contributed by atoms with Gasteiger partial charge in [-0.1, -0.05) is 18.2 Å². The molecule has 3 heterocycles. The van der Waals surface area contributed by atoms with E-state index in [4.69, 9.17) is 4.98 Å². The van der Waals surface area contributed by atoms with Crippen molar-refractivity contribution < 1.29 is 49.4 Å². The summed E-state index contributed by atoms with van der Waals surface area (Å²) in [7, 11) is 0. The van der Waals surface area contributed by atoms with E-state index < -0.39 is 0 Å². The summed E-state index contributed by atoms with van der Waals surface area (Å²) in [6, 6.07) is 16.5. The first-order chi connectivity index (χ1) is 9.42. The van der Waals surface area contributed by atoms with Gasteiger partial charge in [0.15, 0.2) is 0 Å². The van der Waals surface area contributed by atoms with Crippen molar-refractivity contribution in [3.8, 4) is 10.6 Å². The van der Waals surface area contributed by atoms with Crippen molar-refractivity contribution in [3.05, 3.63) is 60.1 Å². The molecule has 0 bridgehead atoms. The monoisotopic (exact) mass is 415 g/mol. The van der Waals surface area contributed by atoms with Crippen molar-refractivity contribution in [3.63, 3.8) is 0 Å². The Morgan fingerprint density at radius 2 is 1.80 bits per heavy atom. The predicted molar refractivity (Wildman–Crippen MR) is 80.4 cm³/mol. The standard InChI is InChI=1S/C16H10N2S.Eu/c1-3-12-13(17-9-1)7-5-11-6-8-14(18-16(11)12)15-4-2-10-19-15;/h1-10H;. The molecular formula is C16H10EuN2S. The smallest absolute Gasteiger partial charge is 0.0809 e. The van der Waals surface area contributed by atoms with Crippen LogP contribution in [-0.4, -0.2) is 9.97 Å². The van der Waals surface area contributed by atoms with Crippen molar-refractivity contribution in [2.45, 2.75) is 0 Å². The van der Waals surface area contributed by atoms with Crippen molar-refractivity contribution in [2.24, 2.45) is 0 Å². The molecule has 0 atom stereocenters. The van der Waals surface area contributed by atoms with Crippen LogP contribution in [-0.2, 0) is 0 Å². The molecule has 0 aliphatic rings. The average molecular weight is 414 g/mol. The van der Waals surface area contributed by atoms with Crippen LogP contribution in [0.3, 0.4) is 0 Å². The Bertz CT molecular complexity index is 872. The molecule has 0 saturated carbocycles. The third-order valence-corrected chi connectivity index (χ3v) is 4.11. The molecule has 20 heavy (non-hydrogen) atoms. The van der Waals surface area contributed by atoms with E-state index in [1.54, 1.807) is 11.3 Å². The van der Waals surface area contributed by atoms with Crippen molar-refractivity contribution in [1.29, 1.82) is 0 Å². The molecule has 0 N–H and O–H groups in total. The fourth-order valence-corrected chi connectivity index (χ4v) is 3.00. The maximum atomic E-state index is 4.82. The summed E-state index contributed by atoms with van der Waals surface area (Å²) < 4.78 is 0. The van der Waals surface area contributed by atoms with Crippen LogP contribution in [0.5, 0.6) is 0 Å². The molecule has 0 amide bonds. The minimum absolute atomic E-state index is 0. The first-order valence-corrected chi connectivity index (χ1v) is 6.98. The molecule has 2 nitrogen and oxygen atoms in total. The Hall–Kier alpha value is -0.676. The number of hydrogen-bond acceptors (Lipinski definition) is 3. The van der Waals surface area contributed by atoms with Gasteiger partial charge in [-0.15, -0.1) is 11.3 Å². The minimum atomic E-state index is 0. The molecule has 0 spiro atoms. The van der Waals surface area contributed by atoms with Gasteiger partial charge >= 0.3 is 0 Å². The van der Waals surface area contributed by atoms with Crippen molar-refractivity contribution in [2.75, 3.05) is 0 Å². The molecular weight excluding hydrogens is 404 g/mol. The summed E-state index contributed by atoms with van der Waals surface area (Å²) in [5.41, 5.74) is 3.04. The SMILES string of the molecule is [Eu].c1csc(-c2ccc3ccc4ncccc4c3n2)c1. The fourth-order valence-electron chi connectivity index (χ4n) is 2.30. The van der Waals surface area contributed by atoms with Gasteiger partial charge in [-0.2, -0.15) is 0 Å². The third-order valence-electron chi connectivity index (χ3n) is 3.21. The number of hydrogen-bond donors (Lipinski definition) is 0. The van der Waals surface area contributed by atoms with Gasteiger partial charge in [0, 0.05) is 66.3 Å². The number of aromatic nitrogens is 2. The number of nitrogens with zero attached hydrogens (tertiary/aromatic N) is 2. The van der Waals surface area contributed by atoms with Gasteiger partial charge in [-0.05, 0) is 35.7 Å². The topological polar surface area (TPSA) is 25.8 Å². The van der Waals surface area contributed by atoms with Crippen LogP contribution >= 0.6 is 11.3 Å². The number of thiophene rings is 1. The summed E-state index contributed by atoms with van der Waals surface area (Å²) in [6.45, 7) is 0. The Labute approximate surface area is 161 Å². The summed E-state index contributed by atoms with van der Waals surface area (Å²) in [5.74, 6) is 0. The van der Waals surface area contributed by atoms with Gasteiger partial charge in [0.05, 0.1) is 21.6 Å². The molecule has 0 fully saturated rings. The minimum Gasteiger partial charge on any atom is -0.256 e. The van der Waals surface area contributed by atoms with E-state index in [-0.39, 0.29) is 49.4 Å². The molecule has 3 aromatic heterocycles. The van der Waals surface area contributed by atoms with Gasteiger partial charge in [-0.3, -0.25) is 4.98 Å². The Balaban J connectivity index is 0.00000121. The molecule has 0 aliphatic carbocycles. The van der Waals surface area contributed by atoms with Gasteiger partial charge in [0.25, 0.3) is 0 Å². The summed E-state index contributed by atoms with van der Waals surface area (Å²) >= 11 is 1.71. The number of pyridine rings is 2. The van der Waals surface area contributed by atoms with Crippen molar-refractivity contribution >= 4 is 33.1 Å². The van der Waals surface area contributed by atoms with Crippen LogP contribution in [0.25, 0.3) is 32.4 Å². The quantitative estimate of drug-likeness (QED) is 0.429. The zero-order valence-electron chi connectivity index (χ0n) is 10.5.